The first-order valence-electron chi connectivity index (χ1n) is 9.73. The van der Waals surface area contributed by atoms with Crippen molar-refractivity contribution in [3.8, 4) is 5.75 Å². The zero-order valence-corrected chi connectivity index (χ0v) is 17.6. The van der Waals surface area contributed by atoms with Crippen molar-refractivity contribution in [3.63, 3.8) is 0 Å². The van der Waals surface area contributed by atoms with E-state index in [9.17, 15) is 23.1 Å². The summed E-state index contributed by atoms with van der Waals surface area (Å²) in [6.07, 6.45) is 3.02. The van der Waals surface area contributed by atoms with Crippen molar-refractivity contribution in [1.29, 1.82) is 0 Å². The molecule has 1 aromatic rings. The lowest BCUT2D eigenvalue weighted by Crippen LogP contribution is -2.47. The van der Waals surface area contributed by atoms with Crippen LogP contribution >= 0.6 is 0 Å². The van der Waals surface area contributed by atoms with Gasteiger partial charge in [-0.25, -0.2) is 13.2 Å². The Morgan fingerprint density at radius 3 is 2.29 bits per heavy atom. The van der Waals surface area contributed by atoms with E-state index in [1.54, 1.807) is 0 Å². The predicted octanol–water partition coefficient (Wildman–Crippen LogP) is 2.83. The summed E-state index contributed by atoms with van der Waals surface area (Å²) < 4.78 is 30.8. The molecule has 1 amide bonds. The molecule has 1 aromatic carbocycles. The van der Waals surface area contributed by atoms with Crippen molar-refractivity contribution in [3.05, 3.63) is 29.8 Å². The highest BCUT2D eigenvalue weighted by Gasteiger charge is 2.33. The number of phenolic OH excluding ortho intramolecular Hbond substituents is 1. The van der Waals surface area contributed by atoms with Crippen LogP contribution < -0.4 is 5.32 Å². The second-order valence-electron chi connectivity index (χ2n) is 6.77. The molecule has 0 bridgehead atoms. The van der Waals surface area contributed by atoms with Gasteiger partial charge >= 0.3 is 5.97 Å². The molecule has 0 aromatic heterocycles. The third kappa shape index (κ3) is 7.50. The molecular formula is C20H31NO6S. The third-order valence-corrected chi connectivity index (χ3v) is 6.56. The molecule has 0 unspecified atom stereocenters. The topological polar surface area (TPSA) is 110 Å². The summed E-state index contributed by atoms with van der Waals surface area (Å²) in [5, 5.41) is 11.4. The minimum absolute atomic E-state index is 0.101. The van der Waals surface area contributed by atoms with E-state index in [1.807, 2.05) is 20.8 Å². The number of ether oxygens (including phenoxy) is 1. The fourth-order valence-corrected chi connectivity index (χ4v) is 5.02. The largest absolute Gasteiger partial charge is 0.508 e. The highest BCUT2D eigenvalue weighted by atomic mass is 32.2. The number of aromatic hydroxyl groups is 1. The van der Waals surface area contributed by atoms with Crippen molar-refractivity contribution < 1.29 is 27.9 Å². The molecule has 0 fully saturated rings. The van der Waals surface area contributed by atoms with Gasteiger partial charge in [-0.3, -0.25) is 4.79 Å². The minimum Gasteiger partial charge on any atom is -0.508 e. The van der Waals surface area contributed by atoms with Gasteiger partial charge in [0.1, 0.15) is 11.8 Å². The van der Waals surface area contributed by atoms with Gasteiger partial charge < -0.3 is 15.2 Å². The smallest absolute Gasteiger partial charge is 0.329 e. The van der Waals surface area contributed by atoms with Crippen molar-refractivity contribution in [2.75, 3.05) is 12.4 Å². The molecule has 0 saturated heterocycles. The van der Waals surface area contributed by atoms with E-state index in [0.29, 0.717) is 32.1 Å². The van der Waals surface area contributed by atoms with E-state index >= 15 is 0 Å². The van der Waals surface area contributed by atoms with Gasteiger partial charge in [0, 0.05) is 5.56 Å². The average molecular weight is 414 g/mol. The van der Waals surface area contributed by atoms with Crippen molar-refractivity contribution in [2.45, 2.75) is 64.2 Å². The van der Waals surface area contributed by atoms with E-state index in [4.69, 9.17) is 4.74 Å². The Morgan fingerprint density at radius 1 is 1.11 bits per heavy atom. The first-order chi connectivity index (χ1) is 13.2. The van der Waals surface area contributed by atoms with Crippen molar-refractivity contribution in [1.82, 2.24) is 5.32 Å². The molecule has 0 aliphatic carbocycles. The number of carbonyl (C=O) groups is 2. The van der Waals surface area contributed by atoms with Crippen molar-refractivity contribution in [2.24, 2.45) is 0 Å². The third-order valence-electron chi connectivity index (χ3n) is 4.27. The summed E-state index contributed by atoms with van der Waals surface area (Å²) >= 11 is 0. The van der Waals surface area contributed by atoms with E-state index in [1.165, 1.54) is 24.3 Å². The lowest BCUT2D eigenvalue weighted by atomic mass is 10.2. The molecule has 158 valence electrons. The molecule has 0 radical (unpaired) electrons. The highest BCUT2D eigenvalue weighted by molar-refractivity contribution is 7.92. The standard InChI is InChI=1S/C20H31NO6S/c1-4-8-17(9-5-2)28(25,26)14-18(20(24)27-12-6-3)21-19(23)15-10-7-11-16(22)13-15/h7,10-11,13,17-18,22H,4-6,8-9,12,14H2,1-3H3,(H,21,23)/t18-/m1/s1. The number of esters is 1. The monoisotopic (exact) mass is 413 g/mol. The van der Waals surface area contributed by atoms with Gasteiger partial charge in [-0.15, -0.1) is 0 Å². The lowest BCUT2D eigenvalue weighted by Gasteiger charge is -2.22. The Bertz CT molecular complexity index is 741. The van der Waals surface area contributed by atoms with Gasteiger partial charge in [0.25, 0.3) is 5.91 Å². The summed E-state index contributed by atoms with van der Waals surface area (Å²) in [5.74, 6) is -2.03. The number of hydrogen-bond acceptors (Lipinski definition) is 6. The summed E-state index contributed by atoms with van der Waals surface area (Å²) in [6, 6.07) is 4.31. The number of nitrogens with one attached hydrogen (secondary N) is 1. The molecule has 0 spiro atoms. The van der Waals surface area contributed by atoms with Crippen LogP contribution in [-0.4, -0.2) is 49.1 Å². The fraction of sp³-hybridized carbons (Fsp3) is 0.600. The van der Waals surface area contributed by atoms with Crippen LogP contribution in [0.25, 0.3) is 0 Å². The van der Waals surface area contributed by atoms with Crippen LogP contribution in [0.3, 0.4) is 0 Å². The number of carbonyl (C=O) groups excluding carboxylic acids is 2. The molecule has 2 N–H and O–H groups in total. The van der Waals surface area contributed by atoms with Crippen LogP contribution in [0.2, 0.25) is 0 Å². The summed E-state index contributed by atoms with van der Waals surface area (Å²) in [6.45, 7) is 5.79. The second-order valence-corrected chi connectivity index (χ2v) is 9.10. The Hall–Kier alpha value is -2.09. The van der Waals surface area contributed by atoms with Crippen LogP contribution in [0, 0.1) is 0 Å². The highest BCUT2D eigenvalue weighted by Crippen LogP contribution is 2.18. The number of sulfone groups is 1. The molecule has 28 heavy (non-hydrogen) atoms. The Kier molecular flexibility index (Phi) is 9.99. The average Bonchev–Trinajstić information content (AvgIpc) is 2.65. The molecule has 0 aliphatic heterocycles. The molecule has 0 heterocycles. The Morgan fingerprint density at radius 2 is 1.75 bits per heavy atom. The van der Waals surface area contributed by atoms with E-state index in [2.05, 4.69) is 5.32 Å². The number of amides is 1. The van der Waals surface area contributed by atoms with Gasteiger partial charge in [-0.05, 0) is 37.5 Å². The predicted molar refractivity (Wildman–Crippen MR) is 108 cm³/mol. The number of hydrogen-bond donors (Lipinski definition) is 2. The first-order valence-corrected chi connectivity index (χ1v) is 11.4. The van der Waals surface area contributed by atoms with Crippen LogP contribution in [0.1, 0.15) is 63.2 Å². The quantitative estimate of drug-likeness (QED) is 0.510. The van der Waals surface area contributed by atoms with Gasteiger partial charge in [0.05, 0.1) is 17.6 Å². The maximum atomic E-state index is 12.9. The SMILES string of the molecule is CCCOC(=O)[C@@H](CS(=O)(=O)C(CCC)CCC)NC(=O)c1cccc(O)c1. The van der Waals surface area contributed by atoms with Gasteiger partial charge in [0.2, 0.25) is 0 Å². The van der Waals surface area contributed by atoms with Gasteiger partial charge in [0.15, 0.2) is 9.84 Å². The maximum absolute atomic E-state index is 12.9. The summed E-state index contributed by atoms with van der Waals surface area (Å²) in [4.78, 5) is 24.9. The molecule has 0 aliphatic rings. The molecule has 7 nitrogen and oxygen atoms in total. The normalized spacial score (nSPS) is 12.6. The molecule has 0 saturated carbocycles. The fourth-order valence-electron chi connectivity index (χ4n) is 2.88. The zero-order chi connectivity index (χ0) is 21.2. The first kappa shape index (κ1) is 23.9. The second kappa shape index (κ2) is 11.7. The number of rotatable bonds is 12. The lowest BCUT2D eigenvalue weighted by molar-refractivity contribution is -0.145. The molecule has 1 atom stereocenters. The Balaban J connectivity index is 3.04. The summed E-state index contributed by atoms with van der Waals surface area (Å²) in [7, 11) is -3.62. The van der Waals surface area contributed by atoms with Crippen LogP contribution in [-0.2, 0) is 19.4 Å². The minimum atomic E-state index is -3.62. The van der Waals surface area contributed by atoms with Crippen molar-refractivity contribution >= 4 is 21.7 Å². The molecule has 8 heteroatoms. The van der Waals surface area contributed by atoms with Crippen LogP contribution in [0.5, 0.6) is 5.75 Å². The summed E-state index contributed by atoms with van der Waals surface area (Å²) in [5.41, 5.74) is 0.129. The zero-order valence-electron chi connectivity index (χ0n) is 16.8. The Labute approximate surface area is 167 Å². The van der Waals surface area contributed by atoms with Gasteiger partial charge in [-0.1, -0.05) is 39.7 Å². The van der Waals surface area contributed by atoms with E-state index in [-0.39, 0.29) is 17.9 Å². The van der Waals surface area contributed by atoms with Crippen LogP contribution in [0.4, 0.5) is 0 Å². The molecule has 1 rings (SSSR count). The van der Waals surface area contributed by atoms with E-state index in [0.717, 1.165) is 0 Å². The van der Waals surface area contributed by atoms with Gasteiger partial charge in [-0.2, -0.15) is 0 Å². The molecular weight excluding hydrogens is 382 g/mol. The maximum Gasteiger partial charge on any atom is 0.329 e. The number of phenols is 1. The van der Waals surface area contributed by atoms with E-state index < -0.39 is 38.8 Å². The van der Waals surface area contributed by atoms with Crippen LogP contribution in [0.15, 0.2) is 24.3 Å². The number of benzene rings is 1.